The molecule has 2 fully saturated rings. The van der Waals surface area contributed by atoms with Gasteiger partial charge in [-0.15, -0.1) is 0 Å². The summed E-state index contributed by atoms with van der Waals surface area (Å²) >= 11 is 11.4. The minimum atomic E-state index is 0.00353. The molecule has 17 heavy (non-hydrogen) atoms. The van der Waals surface area contributed by atoms with Crippen molar-refractivity contribution in [2.75, 3.05) is 13.1 Å². The van der Waals surface area contributed by atoms with E-state index >= 15 is 0 Å². The fourth-order valence-electron chi connectivity index (χ4n) is 2.91. The average molecular weight is 276 g/mol. The van der Waals surface area contributed by atoms with Crippen molar-refractivity contribution in [2.45, 2.75) is 33.1 Å². The molecule has 0 N–H and O–H groups in total. The lowest BCUT2D eigenvalue weighted by molar-refractivity contribution is -0.134. The van der Waals surface area contributed by atoms with Gasteiger partial charge in [0.25, 0.3) is 0 Å². The number of halogens is 2. The van der Waals surface area contributed by atoms with Crippen molar-refractivity contribution in [3.63, 3.8) is 0 Å². The van der Waals surface area contributed by atoms with Gasteiger partial charge in [-0.25, -0.2) is 0 Å². The largest absolute Gasteiger partial charge is 0.342 e. The fourth-order valence-corrected chi connectivity index (χ4v) is 3.18. The molecule has 96 valence electrons. The van der Waals surface area contributed by atoms with Gasteiger partial charge >= 0.3 is 0 Å². The van der Waals surface area contributed by atoms with Crippen LogP contribution < -0.4 is 0 Å². The molecule has 1 saturated heterocycles. The van der Waals surface area contributed by atoms with Gasteiger partial charge in [0, 0.05) is 13.1 Å². The van der Waals surface area contributed by atoms with Gasteiger partial charge in [-0.2, -0.15) is 0 Å². The summed E-state index contributed by atoms with van der Waals surface area (Å²) in [6.45, 7) is 6.04. The predicted molar refractivity (Wildman–Crippen MR) is 71.0 cm³/mol. The number of likely N-dealkylation sites (tertiary alicyclic amines) is 1. The topological polar surface area (TPSA) is 20.3 Å². The molecular weight excluding hydrogens is 257 g/mol. The number of hydrogen-bond acceptors (Lipinski definition) is 1. The Kier molecular flexibility index (Phi) is 3.74. The van der Waals surface area contributed by atoms with E-state index in [4.69, 9.17) is 23.2 Å². The van der Waals surface area contributed by atoms with Gasteiger partial charge in [-0.05, 0) is 36.7 Å². The zero-order valence-electron chi connectivity index (χ0n) is 10.4. The van der Waals surface area contributed by atoms with Crippen LogP contribution in [0.5, 0.6) is 0 Å². The standard InChI is InChI=1S/C13H19Cl2NO/c1-13(2)9(8-10(14)15)11(13)12(17)16-6-4-3-5-7-16/h8-9,11H,3-7H2,1-2H3/t9-,11-/m0/s1. The molecule has 2 aliphatic rings. The van der Waals surface area contributed by atoms with Crippen LogP contribution in [0.25, 0.3) is 0 Å². The molecule has 2 atom stereocenters. The summed E-state index contributed by atoms with van der Waals surface area (Å²) in [7, 11) is 0. The summed E-state index contributed by atoms with van der Waals surface area (Å²) < 4.78 is 0.275. The third kappa shape index (κ3) is 2.63. The molecule has 4 heteroatoms. The van der Waals surface area contributed by atoms with E-state index in [1.54, 1.807) is 0 Å². The SMILES string of the molecule is CC1(C)[C@H](C(=O)N2CCCCC2)[C@@H]1C=C(Cl)Cl. The Morgan fingerprint density at radius 3 is 2.35 bits per heavy atom. The lowest BCUT2D eigenvalue weighted by Crippen LogP contribution is -2.37. The highest BCUT2D eigenvalue weighted by atomic mass is 35.5. The second kappa shape index (κ2) is 4.81. The molecule has 0 unspecified atom stereocenters. The Balaban J connectivity index is 2.03. The van der Waals surface area contributed by atoms with Crippen LogP contribution in [0, 0.1) is 17.3 Å². The van der Waals surface area contributed by atoms with E-state index in [1.165, 1.54) is 6.42 Å². The second-order valence-electron chi connectivity index (χ2n) is 5.67. The fraction of sp³-hybridized carbons (Fsp3) is 0.769. The van der Waals surface area contributed by atoms with Gasteiger partial charge in [0.2, 0.25) is 5.91 Å². The zero-order chi connectivity index (χ0) is 12.6. The lowest BCUT2D eigenvalue weighted by Gasteiger charge is -2.27. The Morgan fingerprint density at radius 2 is 1.82 bits per heavy atom. The van der Waals surface area contributed by atoms with Crippen molar-refractivity contribution in [3.05, 3.63) is 10.6 Å². The first-order chi connectivity index (χ1) is 7.94. The van der Waals surface area contributed by atoms with E-state index in [1.807, 2.05) is 11.0 Å². The number of rotatable bonds is 2. The molecule has 0 spiro atoms. The summed E-state index contributed by atoms with van der Waals surface area (Å²) in [4.78, 5) is 14.4. The summed E-state index contributed by atoms with van der Waals surface area (Å²) in [6.07, 6.45) is 5.33. The molecule has 1 saturated carbocycles. The normalized spacial score (nSPS) is 30.9. The van der Waals surface area contributed by atoms with Crippen molar-refractivity contribution in [1.29, 1.82) is 0 Å². The Labute approximate surface area is 113 Å². The van der Waals surface area contributed by atoms with Crippen LogP contribution >= 0.6 is 23.2 Å². The molecule has 1 aliphatic carbocycles. The van der Waals surface area contributed by atoms with Crippen LogP contribution in [0.3, 0.4) is 0 Å². The van der Waals surface area contributed by atoms with Crippen LogP contribution in [-0.4, -0.2) is 23.9 Å². The van der Waals surface area contributed by atoms with Crippen LogP contribution in [0.1, 0.15) is 33.1 Å². The van der Waals surface area contributed by atoms with Crippen molar-refractivity contribution in [2.24, 2.45) is 17.3 Å². The summed E-state index contributed by atoms with van der Waals surface area (Å²) in [5.41, 5.74) is 0.00353. The number of amides is 1. The minimum absolute atomic E-state index is 0.00353. The van der Waals surface area contributed by atoms with Crippen LogP contribution in [0.15, 0.2) is 10.6 Å². The van der Waals surface area contributed by atoms with Crippen molar-refractivity contribution >= 4 is 29.1 Å². The highest BCUT2D eigenvalue weighted by Gasteiger charge is 2.61. The summed E-state index contributed by atoms with van der Waals surface area (Å²) in [6, 6.07) is 0. The molecule has 2 nitrogen and oxygen atoms in total. The number of carbonyl (C=O) groups is 1. The van der Waals surface area contributed by atoms with E-state index in [0.29, 0.717) is 0 Å². The molecule has 0 radical (unpaired) electrons. The van der Waals surface area contributed by atoms with Crippen LogP contribution in [0.4, 0.5) is 0 Å². The Morgan fingerprint density at radius 1 is 1.24 bits per heavy atom. The molecule has 0 aromatic heterocycles. The third-order valence-corrected chi connectivity index (χ3v) is 4.40. The number of nitrogens with zero attached hydrogens (tertiary/aromatic N) is 1. The van der Waals surface area contributed by atoms with E-state index < -0.39 is 0 Å². The molecule has 1 amide bonds. The Hall–Kier alpha value is -0.210. The van der Waals surface area contributed by atoms with E-state index in [2.05, 4.69) is 13.8 Å². The van der Waals surface area contributed by atoms with Gasteiger partial charge in [0.15, 0.2) is 0 Å². The molecular formula is C13H19Cl2NO. The van der Waals surface area contributed by atoms with Gasteiger partial charge in [0.05, 0.1) is 5.92 Å². The highest BCUT2D eigenvalue weighted by molar-refractivity contribution is 6.55. The molecule has 0 bridgehead atoms. The van der Waals surface area contributed by atoms with Gasteiger partial charge < -0.3 is 4.90 Å². The minimum Gasteiger partial charge on any atom is -0.342 e. The van der Waals surface area contributed by atoms with Crippen molar-refractivity contribution < 1.29 is 4.79 Å². The first-order valence-electron chi connectivity index (χ1n) is 6.26. The van der Waals surface area contributed by atoms with E-state index in [-0.39, 0.29) is 27.6 Å². The van der Waals surface area contributed by atoms with Crippen molar-refractivity contribution in [3.8, 4) is 0 Å². The molecule has 1 heterocycles. The van der Waals surface area contributed by atoms with Gasteiger partial charge in [0.1, 0.15) is 4.49 Å². The smallest absolute Gasteiger partial charge is 0.226 e. The molecule has 0 aromatic carbocycles. The van der Waals surface area contributed by atoms with Crippen molar-refractivity contribution in [1.82, 2.24) is 4.90 Å². The van der Waals surface area contributed by atoms with Crippen LogP contribution in [0.2, 0.25) is 0 Å². The summed E-state index contributed by atoms with van der Waals surface area (Å²) in [5, 5.41) is 0. The lowest BCUT2D eigenvalue weighted by atomic mass is 10.1. The number of hydrogen-bond donors (Lipinski definition) is 0. The van der Waals surface area contributed by atoms with Gasteiger partial charge in [-0.1, -0.05) is 37.0 Å². The van der Waals surface area contributed by atoms with Crippen LogP contribution in [-0.2, 0) is 4.79 Å². The zero-order valence-corrected chi connectivity index (χ0v) is 11.9. The van der Waals surface area contributed by atoms with E-state index in [9.17, 15) is 4.79 Å². The summed E-state index contributed by atoms with van der Waals surface area (Å²) in [5.74, 6) is 0.542. The predicted octanol–water partition coefficient (Wildman–Crippen LogP) is 3.59. The maximum atomic E-state index is 12.4. The third-order valence-electron chi connectivity index (χ3n) is 4.15. The molecule has 2 rings (SSSR count). The maximum absolute atomic E-state index is 12.4. The van der Waals surface area contributed by atoms with E-state index in [0.717, 1.165) is 25.9 Å². The number of piperidine rings is 1. The monoisotopic (exact) mass is 275 g/mol. The molecule has 0 aromatic rings. The number of allylic oxidation sites excluding steroid dienone is 1. The van der Waals surface area contributed by atoms with Gasteiger partial charge in [-0.3, -0.25) is 4.79 Å². The first kappa shape index (κ1) is 13.2. The average Bonchev–Trinajstić information content (AvgIpc) is 2.80. The number of carbonyl (C=O) groups excluding carboxylic acids is 1. The second-order valence-corrected chi connectivity index (χ2v) is 6.67. The Bertz CT molecular complexity index is 341. The maximum Gasteiger partial charge on any atom is 0.226 e. The first-order valence-corrected chi connectivity index (χ1v) is 7.02. The molecule has 1 aliphatic heterocycles. The highest BCUT2D eigenvalue weighted by Crippen LogP contribution is 2.60. The quantitative estimate of drug-likeness (QED) is 0.754.